The van der Waals surface area contributed by atoms with Crippen molar-refractivity contribution in [1.29, 1.82) is 5.26 Å². The van der Waals surface area contributed by atoms with Crippen molar-refractivity contribution < 1.29 is 24.1 Å². The second kappa shape index (κ2) is 15.3. The van der Waals surface area contributed by atoms with Crippen LogP contribution in [0, 0.1) is 11.3 Å². The minimum Gasteiger partial charge on any atom is -0.480 e. The summed E-state index contributed by atoms with van der Waals surface area (Å²) >= 11 is 6.10. The highest BCUT2D eigenvalue weighted by atomic mass is 35.5. The third-order valence-corrected chi connectivity index (χ3v) is 6.72. The zero-order valence-electron chi connectivity index (χ0n) is 23.9. The van der Waals surface area contributed by atoms with Crippen LogP contribution >= 0.6 is 38.6 Å². The maximum atomic E-state index is 12.6. The number of carbonyl (C=O) groups is 2. The number of hydrogen-bond acceptors (Lipinski definition) is 12. The molecule has 0 fully saturated rings. The predicted molar refractivity (Wildman–Crippen MR) is 177 cm³/mol. The molecule has 2 aromatic heterocycles. The van der Waals surface area contributed by atoms with Gasteiger partial charge in [-0.3, -0.25) is 4.79 Å². The van der Waals surface area contributed by atoms with E-state index in [2.05, 4.69) is 31.6 Å². The summed E-state index contributed by atoms with van der Waals surface area (Å²) in [4.78, 5) is 38.8. The average molecular weight is 643 g/mol. The van der Waals surface area contributed by atoms with Gasteiger partial charge in [0.2, 0.25) is 11.8 Å². The lowest BCUT2D eigenvalue weighted by Gasteiger charge is -2.26. The highest BCUT2D eigenvalue weighted by Gasteiger charge is 2.42. The Morgan fingerprint density at radius 1 is 1.37 bits per heavy atom. The van der Waals surface area contributed by atoms with Crippen LogP contribution in [0.4, 0.5) is 17.3 Å². The van der Waals surface area contributed by atoms with Crippen LogP contribution < -0.4 is 20.1 Å². The van der Waals surface area contributed by atoms with Crippen molar-refractivity contribution in [3.8, 4) is 23.2 Å². The van der Waals surface area contributed by atoms with Gasteiger partial charge in [-0.15, -0.1) is 0 Å². The number of halogens is 1. The van der Waals surface area contributed by atoms with E-state index in [1.54, 1.807) is 36.1 Å². The Hall–Kier alpha value is -3.48. The summed E-state index contributed by atoms with van der Waals surface area (Å²) in [5.74, 6) is 0.0131. The maximum Gasteiger partial charge on any atom is 0.374 e. The standard InChI is InChI=1S/C26H27B2ClN7O5.2H2S/c1-15(35-28(3)39)24(38)41-13-26(2)12-36(27-14-37)22-17(10-30)7-16(8-19(22)26)20-5-6-31-25(33-20)34-21-9-18(29)11-32-23(21)40-4;;/h5-9,11,14-15,35,39H,12-13H2,1-4H3,(H,31,33,34);2*1H2/t15-,26-;;/m0../s1. The maximum absolute atomic E-state index is 12.6. The molecular weight excluding hydrogens is 612 g/mol. The highest BCUT2D eigenvalue weighted by molar-refractivity contribution is 7.59. The van der Waals surface area contributed by atoms with Gasteiger partial charge in [-0.1, -0.05) is 18.5 Å². The molecule has 0 bridgehead atoms. The number of methoxy groups -OCH3 is 1. The molecule has 1 aliphatic rings. The smallest absolute Gasteiger partial charge is 0.374 e. The van der Waals surface area contributed by atoms with Crippen LogP contribution in [0.2, 0.25) is 11.8 Å². The quantitative estimate of drug-likeness (QED) is 0.159. The first-order valence-corrected chi connectivity index (χ1v) is 13.0. The number of aromatic nitrogens is 3. The number of esters is 1. The van der Waals surface area contributed by atoms with E-state index in [-0.39, 0.29) is 39.5 Å². The number of benzene rings is 1. The fourth-order valence-electron chi connectivity index (χ4n) is 4.67. The Balaban J connectivity index is 0.00000323. The topological polar surface area (TPSA) is 163 Å². The molecule has 0 spiro atoms. The molecule has 3 heterocycles. The Morgan fingerprint density at radius 3 is 2.77 bits per heavy atom. The van der Waals surface area contributed by atoms with Crippen LogP contribution in [0.5, 0.6) is 5.88 Å². The average Bonchev–Trinajstić information content (AvgIpc) is 3.23. The molecule has 0 saturated carbocycles. The predicted octanol–water partition coefficient (Wildman–Crippen LogP) is 2.56. The lowest BCUT2D eigenvalue weighted by Crippen LogP contribution is -2.45. The molecule has 12 nitrogen and oxygen atoms in total. The van der Waals surface area contributed by atoms with Crippen molar-refractivity contribution in [2.75, 3.05) is 30.4 Å². The van der Waals surface area contributed by atoms with E-state index in [9.17, 15) is 19.9 Å². The van der Waals surface area contributed by atoms with Crippen LogP contribution in [0.3, 0.4) is 0 Å². The number of nitriles is 1. The molecular formula is C26H31B2ClN7O5S2. The van der Waals surface area contributed by atoms with Gasteiger partial charge in [0, 0.05) is 35.6 Å². The molecule has 3 N–H and O–H groups in total. The number of nitrogens with zero attached hydrogens (tertiary/aromatic N) is 5. The Morgan fingerprint density at radius 2 is 2.12 bits per heavy atom. The van der Waals surface area contributed by atoms with Gasteiger partial charge in [0.15, 0.2) is 0 Å². The largest absolute Gasteiger partial charge is 0.480 e. The van der Waals surface area contributed by atoms with Gasteiger partial charge in [-0.25, -0.2) is 15.0 Å². The van der Waals surface area contributed by atoms with Gasteiger partial charge in [0.25, 0.3) is 0 Å². The first-order chi connectivity index (χ1) is 19.6. The Labute approximate surface area is 269 Å². The lowest BCUT2D eigenvalue weighted by molar-refractivity contribution is -0.146. The SMILES string of the molecule is COc1ncc(Cl)cc1Nc1nccc(-c2cc(C#N)c3c(c2)[C@](C)(COC(=O)[C@H](C)NB(C)O)CN3[B]C=O)n1.S.S. The Kier molecular flexibility index (Phi) is 12.7. The number of carbonyl (C=O) groups excluding carboxylic acids is 2. The summed E-state index contributed by atoms with van der Waals surface area (Å²) in [6.45, 7) is 5.25. The summed E-state index contributed by atoms with van der Waals surface area (Å²) < 4.78 is 10.9. The number of anilines is 3. The number of nitrogens with one attached hydrogen (secondary N) is 2. The van der Waals surface area contributed by atoms with E-state index in [1.807, 2.05) is 13.0 Å². The molecule has 0 amide bonds. The zero-order valence-corrected chi connectivity index (χ0v) is 26.6. The van der Waals surface area contributed by atoms with Crippen LogP contribution in [0.15, 0.2) is 36.7 Å². The fraction of sp³-hybridized carbons (Fsp3) is 0.308. The van der Waals surface area contributed by atoms with Crippen molar-refractivity contribution in [2.24, 2.45) is 0 Å². The van der Waals surface area contributed by atoms with E-state index < -0.39 is 24.5 Å². The lowest BCUT2D eigenvalue weighted by atomic mass is 9.83. The van der Waals surface area contributed by atoms with Crippen LogP contribution in [-0.2, 0) is 19.7 Å². The van der Waals surface area contributed by atoms with E-state index in [4.69, 9.17) is 21.1 Å². The summed E-state index contributed by atoms with van der Waals surface area (Å²) in [5, 5.41) is 25.8. The second-order valence-electron chi connectivity index (χ2n) is 9.78. The van der Waals surface area contributed by atoms with Crippen molar-refractivity contribution in [3.05, 3.63) is 52.8 Å². The second-order valence-corrected chi connectivity index (χ2v) is 10.2. The van der Waals surface area contributed by atoms with E-state index in [0.29, 0.717) is 57.4 Å². The van der Waals surface area contributed by atoms with Gasteiger partial charge in [-0.05, 0) is 43.6 Å². The number of hydrogen-bond donors (Lipinski definition) is 3. The van der Waals surface area contributed by atoms with Crippen molar-refractivity contribution >= 4 is 82.5 Å². The molecule has 43 heavy (non-hydrogen) atoms. The minimum absolute atomic E-state index is 0. The molecule has 1 aliphatic heterocycles. The van der Waals surface area contributed by atoms with E-state index >= 15 is 0 Å². The van der Waals surface area contributed by atoms with Crippen LogP contribution in [0.25, 0.3) is 11.3 Å². The molecule has 1 radical (unpaired) electrons. The fourth-order valence-corrected chi connectivity index (χ4v) is 4.82. The molecule has 3 aromatic rings. The molecule has 2 atom stereocenters. The summed E-state index contributed by atoms with van der Waals surface area (Å²) in [6, 6.07) is 8.37. The molecule has 0 aliphatic carbocycles. The summed E-state index contributed by atoms with van der Waals surface area (Å²) in [6.07, 6.45) is 3.67. The normalized spacial score (nSPS) is 15.5. The van der Waals surface area contributed by atoms with Gasteiger partial charge in [-0.2, -0.15) is 32.3 Å². The van der Waals surface area contributed by atoms with E-state index in [1.165, 1.54) is 27.5 Å². The molecule has 1 aromatic carbocycles. The first kappa shape index (κ1) is 35.7. The Bertz CT molecular complexity index is 1520. The van der Waals surface area contributed by atoms with Crippen molar-refractivity contribution in [3.63, 3.8) is 0 Å². The summed E-state index contributed by atoms with van der Waals surface area (Å²) in [7, 11) is 1.95. The zero-order chi connectivity index (χ0) is 29.7. The van der Waals surface area contributed by atoms with Gasteiger partial charge >= 0.3 is 20.4 Å². The monoisotopic (exact) mass is 642 g/mol. The molecule has 17 heteroatoms. The third kappa shape index (κ3) is 8.12. The molecule has 0 saturated heterocycles. The molecule has 0 unspecified atom stereocenters. The first-order valence-electron chi connectivity index (χ1n) is 12.6. The van der Waals surface area contributed by atoms with Crippen LogP contribution in [0.1, 0.15) is 25.0 Å². The van der Waals surface area contributed by atoms with Gasteiger partial charge < -0.3 is 34.6 Å². The molecule has 225 valence electrons. The molecule has 4 rings (SSSR count). The van der Waals surface area contributed by atoms with E-state index in [0.717, 1.165) is 0 Å². The van der Waals surface area contributed by atoms with Crippen LogP contribution in [-0.4, -0.2) is 72.9 Å². The summed E-state index contributed by atoms with van der Waals surface area (Å²) in [5.41, 5.74) is 2.42. The van der Waals surface area contributed by atoms with Crippen molar-refractivity contribution in [1.82, 2.24) is 20.2 Å². The third-order valence-electron chi connectivity index (χ3n) is 6.51. The van der Waals surface area contributed by atoms with Gasteiger partial charge in [0.1, 0.15) is 24.5 Å². The van der Waals surface area contributed by atoms with Gasteiger partial charge in [0.05, 0.1) is 29.4 Å². The number of fused-ring (bicyclic) bond motifs is 1. The number of ether oxygens (including phenoxy) is 2. The number of pyridine rings is 1. The van der Waals surface area contributed by atoms with Crippen molar-refractivity contribution in [2.45, 2.75) is 32.1 Å². The highest BCUT2D eigenvalue weighted by Crippen LogP contribution is 2.44. The minimum atomic E-state index is -0.887. The number of rotatable bonds is 11.